The van der Waals surface area contributed by atoms with Gasteiger partial charge >= 0.3 is 6.18 Å². The Morgan fingerprint density at radius 2 is 1.55 bits per heavy atom. The van der Waals surface area contributed by atoms with Crippen LogP contribution in [0.15, 0.2) is 24.3 Å². The molecule has 2 nitrogen and oxygen atoms in total. The standard InChI is InChI=1S/C15H20F3NO/c16-15(17,18)13-5-7-14(8-6-13)19-9-11-1-3-12(10-20)4-2-11/h1-4,13-14,19-20H,5-10H2. The third-order valence-corrected chi connectivity index (χ3v) is 3.99. The van der Waals surface area contributed by atoms with Crippen LogP contribution in [0.25, 0.3) is 0 Å². The summed E-state index contributed by atoms with van der Waals surface area (Å²) in [5.74, 6) is -1.12. The maximum atomic E-state index is 12.5. The molecule has 0 saturated heterocycles. The topological polar surface area (TPSA) is 32.3 Å². The highest BCUT2D eigenvalue weighted by Crippen LogP contribution is 2.37. The van der Waals surface area contributed by atoms with E-state index in [9.17, 15) is 13.2 Å². The van der Waals surface area contributed by atoms with E-state index in [2.05, 4.69) is 5.32 Å². The van der Waals surface area contributed by atoms with Gasteiger partial charge in [0.15, 0.2) is 0 Å². The van der Waals surface area contributed by atoms with E-state index in [-0.39, 0.29) is 25.5 Å². The Hall–Kier alpha value is -1.07. The second kappa shape index (κ2) is 6.59. The largest absolute Gasteiger partial charge is 0.392 e. The van der Waals surface area contributed by atoms with Crippen LogP contribution in [0.5, 0.6) is 0 Å². The van der Waals surface area contributed by atoms with Crippen molar-refractivity contribution in [2.45, 2.75) is 51.1 Å². The summed E-state index contributed by atoms with van der Waals surface area (Å²) in [6.07, 6.45) is -2.42. The Kier molecular flexibility index (Phi) is 5.05. The summed E-state index contributed by atoms with van der Waals surface area (Å²) in [5, 5.41) is 12.3. The molecule has 1 aliphatic carbocycles. The minimum absolute atomic E-state index is 0.0230. The average molecular weight is 287 g/mol. The molecule has 1 aliphatic rings. The lowest BCUT2D eigenvalue weighted by Gasteiger charge is -2.30. The normalized spacial score (nSPS) is 23.8. The zero-order chi connectivity index (χ0) is 14.6. The minimum atomic E-state index is -4.04. The van der Waals surface area contributed by atoms with Crippen LogP contribution >= 0.6 is 0 Å². The summed E-state index contributed by atoms with van der Waals surface area (Å²) < 4.78 is 37.6. The van der Waals surface area contributed by atoms with Gasteiger partial charge in [-0.1, -0.05) is 24.3 Å². The molecule has 1 fully saturated rings. The molecule has 2 rings (SSSR count). The predicted molar refractivity (Wildman–Crippen MR) is 71.0 cm³/mol. The van der Waals surface area contributed by atoms with Gasteiger partial charge in [0.25, 0.3) is 0 Å². The molecule has 0 unspecified atom stereocenters. The summed E-state index contributed by atoms with van der Waals surface area (Å²) in [7, 11) is 0. The fourth-order valence-corrected chi connectivity index (χ4v) is 2.65. The summed E-state index contributed by atoms with van der Waals surface area (Å²) in [6, 6.07) is 7.75. The number of hydrogen-bond donors (Lipinski definition) is 2. The molecule has 0 amide bonds. The van der Waals surface area contributed by atoms with Crippen LogP contribution in [0.2, 0.25) is 0 Å². The monoisotopic (exact) mass is 287 g/mol. The number of benzene rings is 1. The van der Waals surface area contributed by atoms with Crippen molar-refractivity contribution in [1.82, 2.24) is 5.32 Å². The second-order valence-electron chi connectivity index (χ2n) is 5.45. The van der Waals surface area contributed by atoms with Crippen LogP contribution in [-0.2, 0) is 13.2 Å². The van der Waals surface area contributed by atoms with Crippen LogP contribution in [-0.4, -0.2) is 17.3 Å². The van der Waals surface area contributed by atoms with Crippen LogP contribution in [0, 0.1) is 5.92 Å². The number of aliphatic hydroxyl groups is 1. The molecular weight excluding hydrogens is 267 g/mol. The van der Waals surface area contributed by atoms with Gasteiger partial charge in [-0.3, -0.25) is 0 Å². The minimum Gasteiger partial charge on any atom is -0.392 e. The molecule has 1 aromatic carbocycles. The molecule has 0 spiro atoms. The van der Waals surface area contributed by atoms with Crippen molar-refractivity contribution in [3.8, 4) is 0 Å². The molecule has 2 N–H and O–H groups in total. The Labute approximate surface area is 117 Å². The van der Waals surface area contributed by atoms with Crippen molar-refractivity contribution < 1.29 is 18.3 Å². The SMILES string of the molecule is OCc1ccc(CNC2CCC(C(F)(F)F)CC2)cc1. The van der Waals surface area contributed by atoms with Gasteiger partial charge in [0.05, 0.1) is 12.5 Å². The van der Waals surface area contributed by atoms with E-state index in [1.54, 1.807) is 0 Å². The first kappa shape index (κ1) is 15.3. The van der Waals surface area contributed by atoms with E-state index in [1.807, 2.05) is 24.3 Å². The molecule has 0 bridgehead atoms. The van der Waals surface area contributed by atoms with Gasteiger partial charge in [0.1, 0.15) is 0 Å². The molecule has 0 radical (unpaired) electrons. The lowest BCUT2D eigenvalue weighted by Crippen LogP contribution is -2.36. The lowest BCUT2D eigenvalue weighted by molar-refractivity contribution is -0.182. The Balaban J connectivity index is 1.75. The first-order valence-corrected chi connectivity index (χ1v) is 6.98. The third-order valence-electron chi connectivity index (χ3n) is 3.99. The summed E-state index contributed by atoms with van der Waals surface area (Å²) in [4.78, 5) is 0. The number of aliphatic hydroxyl groups excluding tert-OH is 1. The van der Waals surface area contributed by atoms with E-state index in [0.717, 1.165) is 11.1 Å². The molecule has 1 saturated carbocycles. The summed E-state index contributed by atoms with van der Waals surface area (Å²) in [5.41, 5.74) is 1.94. The lowest BCUT2D eigenvalue weighted by atomic mass is 9.85. The maximum Gasteiger partial charge on any atom is 0.391 e. The Morgan fingerprint density at radius 3 is 2.05 bits per heavy atom. The first-order chi connectivity index (χ1) is 9.49. The highest BCUT2D eigenvalue weighted by atomic mass is 19.4. The first-order valence-electron chi connectivity index (χ1n) is 6.98. The summed E-state index contributed by atoms with van der Waals surface area (Å²) in [6.45, 7) is 0.683. The van der Waals surface area contributed by atoms with E-state index in [0.29, 0.717) is 19.4 Å². The number of halogens is 3. The smallest absolute Gasteiger partial charge is 0.391 e. The van der Waals surface area contributed by atoms with Crippen LogP contribution < -0.4 is 5.32 Å². The fourth-order valence-electron chi connectivity index (χ4n) is 2.65. The number of rotatable bonds is 4. The molecule has 0 heterocycles. The molecule has 0 aromatic heterocycles. The van der Waals surface area contributed by atoms with E-state index in [1.165, 1.54) is 0 Å². The highest BCUT2D eigenvalue weighted by molar-refractivity contribution is 5.21. The zero-order valence-electron chi connectivity index (χ0n) is 11.3. The molecule has 0 atom stereocenters. The van der Waals surface area contributed by atoms with Gasteiger partial charge in [-0.05, 0) is 36.8 Å². The number of hydrogen-bond acceptors (Lipinski definition) is 2. The maximum absolute atomic E-state index is 12.5. The van der Waals surface area contributed by atoms with Gasteiger partial charge in [-0.15, -0.1) is 0 Å². The third kappa shape index (κ3) is 4.21. The van der Waals surface area contributed by atoms with Gasteiger partial charge in [0.2, 0.25) is 0 Å². The van der Waals surface area contributed by atoms with Crippen LogP contribution in [0.3, 0.4) is 0 Å². The van der Waals surface area contributed by atoms with Crippen LogP contribution in [0.1, 0.15) is 36.8 Å². The van der Waals surface area contributed by atoms with Crippen molar-refractivity contribution in [3.05, 3.63) is 35.4 Å². The molecule has 0 aliphatic heterocycles. The molecule has 112 valence electrons. The number of alkyl halides is 3. The van der Waals surface area contributed by atoms with E-state index >= 15 is 0 Å². The molecular formula is C15H20F3NO. The van der Waals surface area contributed by atoms with Crippen LogP contribution in [0.4, 0.5) is 13.2 Å². The fraction of sp³-hybridized carbons (Fsp3) is 0.600. The van der Waals surface area contributed by atoms with E-state index < -0.39 is 12.1 Å². The van der Waals surface area contributed by atoms with Crippen molar-refractivity contribution in [1.29, 1.82) is 0 Å². The van der Waals surface area contributed by atoms with Crippen molar-refractivity contribution >= 4 is 0 Å². The molecule has 1 aromatic rings. The van der Waals surface area contributed by atoms with Gasteiger partial charge in [-0.25, -0.2) is 0 Å². The van der Waals surface area contributed by atoms with Crippen molar-refractivity contribution in [2.24, 2.45) is 5.92 Å². The predicted octanol–water partition coefficient (Wildman–Crippen LogP) is 3.39. The highest BCUT2D eigenvalue weighted by Gasteiger charge is 2.41. The van der Waals surface area contributed by atoms with E-state index in [4.69, 9.17) is 5.11 Å². The number of nitrogens with one attached hydrogen (secondary N) is 1. The van der Waals surface area contributed by atoms with Gasteiger partial charge in [0, 0.05) is 12.6 Å². The molecule has 5 heteroatoms. The van der Waals surface area contributed by atoms with Crippen molar-refractivity contribution in [2.75, 3.05) is 0 Å². The van der Waals surface area contributed by atoms with Gasteiger partial charge in [-0.2, -0.15) is 13.2 Å². The zero-order valence-corrected chi connectivity index (χ0v) is 11.3. The Bertz CT molecular complexity index is 408. The summed E-state index contributed by atoms with van der Waals surface area (Å²) >= 11 is 0. The molecule has 20 heavy (non-hydrogen) atoms. The Morgan fingerprint density at radius 1 is 1.00 bits per heavy atom. The van der Waals surface area contributed by atoms with Gasteiger partial charge < -0.3 is 10.4 Å². The average Bonchev–Trinajstić information content (AvgIpc) is 2.45. The second-order valence-corrected chi connectivity index (χ2v) is 5.45. The quantitative estimate of drug-likeness (QED) is 0.889. The van der Waals surface area contributed by atoms with Crippen molar-refractivity contribution in [3.63, 3.8) is 0 Å².